The summed E-state index contributed by atoms with van der Waals surface area (Å²) in [5.41, 5.74) is 3.63. The van der Waals surface area contributed by atoms with Gasteiger partial charge < -0.3 is 19.7 Å². The van der Waals surface area contributed by atoms with E-state index in [1.165, 1.54) is 6.07 Å². The molecule has 2 N–H and O–H groups in total. The molecule has 1 amide bonds. The summed E-state index contributed by atoms with van der Waals surface area (Å²) < 4.78 is 21.5. The zero-order valence-corrected chi connectivity index (χ0v) is 17.7. The van der Waals surface area contributed by atoms with E-state index in [0.717, 1.165) is 18.4 Å². The number of ether oxygens (including phenoxy) is 1. The molecule has 1 saturated carbocycles. The Labute approximate surface area is 180 Å². The minimum Gasteiger partial charge on any atom is -0.492 e. The lowest BCUT2D eigenvalue weighted by Gasteiger charge is -2.14. The van der Waals surface area contributed by atoms with Gasteiger partial charge in [0.1, 0.15) is 11.6 Å². The van der Waals surface area contributed by atoms with Crippen molar-refractivity contribution in [2.24, 2.45) is 13.0 Å². The second kappa shape index (κ2) is 8.89. The van der Waals surface area contributed by atoms with Crippen LogP contribution in [0.15, 0.2) is 42.7 Å². The van der Waals surface area contributed by atoms with Gasteiger partial charge in [0.15, 0.2) is 0 Å². The first-order valence-corrected chi connectivity index (χ1v) is 10.4. The molecule has 0 radical (unpaired) electrons. The van der Waals surface area contributed by atoms with Gasteiger partial charge in [-0.3, -0.25) is 4.79 Å². The fourth-order valence-corrected chi connectivity index (χ4v) is 3.38. The van der Waals surface area contributed by atoms with Crippen LogP contribution in [0.5, 0.6) is 5.75 Å². The van der Waals surface area contributed by atoms with Crippen molar-refractivity contribution in [3.63, 3.8) is 0 Å². The Morgan fingerprint density at radius 3 is 2.81 bits per heavy atom. The number of amides is 1. The van der Waals surface area contributed by atoms with Crippen molar-refractivity contribution in [3.05, 3.63) is 70.9 Å². The summed E-state index contributed by atoms with van der Waals surface area (Å²) in [4.78, 5) is 17.4. The first-order chi connectivity index (χ1) is 15.0. The average molecular weight is 423 g/mol. The number of rotatable bonds is 8. The molecule has 1 aromatic heterocycles. The number of halogens is 1. The number of aliphatic hydroxyl groups is 1. The number of nitrogens with one attached hydrogen (secondary N) is 1. The summed E-state index contributed by atoms with van der Waals surface area (Å²) in [6.45, 7) is 2.32. The Balaban J connectivity index is 1.60. The highest BCUT2D eigenvalue weighted by molar-refractivity contribution is 5.98. The van der Waals surface area contributed by atoms with Crippen LogP contribution >= 0.6 is 0 Å². The maximum atomic E-state index is 13.8. The van der Waals surface area contributed by atoms with Gasteiger partial charge in [-0.05, 0) is 61.1 Å². The molecule has 4 rings (SSSR count). The van der Waals surface area contributed by atoms with Gasteiger partial charge in [0, 0.05) is 19.2 Å². The second-order valence-corrected chi connectivity index (χ2v) is 8.04. The van der Waals surface area contributed by atoms with Crippen molar-refractivity contribution in [1.82, 2.24) is 14.9 Å². The fourth-order valence-electron chi connectivity index (χ4n) is 3.38. The Morgan fingerprint density at radius 1 is 1.29 bits per heavy atom. The maximum Gasteiger partial charge on any atom is 0.255 e. The number of imidazole rings is 1. The van der Waals surface area contributed by atoms with Crippen LogP contribution in [0, 0.1) is 18.7 Å². The van der Waals surface area contributed by atoms with Crippen molar-refractivity contribution in [2.75, 3.05) is 6.61 Å². The van der Waals surface area contributed by atoms with Gasteiger partial charge in [-0.15, -0.1) is 0 Å². The van der Waals surface area contributed by atoms with E-state index in [2.05, 4.69) is 10.3 Å². The number of aromatic nitrogens is 2. The smallest absolute Gasteiger partial charge is 0.255 e. The van der Waals surface area contributed by atoms with Crippen LogP contribution in [0.3, 0.4) is 0 Å². The predicted molar refractivity (Wildman–Crippen MR) is 115 cm³/mol. The molecule has 31 heavy (non-hydrogen) atoms. The molecule has 1 aliphatic carbocycles. The summed E-state index contributed by atoms with van der Waals surface area (Å²) in [6.07, 6.45) is 3.92. The number of benzene rings is 2. The van der Waals surface area contributed by atoms with E-state index in [9.17, 15) is 14.3 Å². The van der Waals surface area contributed by atoms with E-state index in [1.54, 1.807) is 42.1 Å². The van der Waals surface area contributed by atoms with Crippen molar-refractivity contribution in [1.29, 1.82) is 0 Å². The zero-order valence-electron chi connectivity index (χ0n) is 17.7. The minimum atomic E-state index is -0.310. The third-order valence-electron chi connectivity index (χ3n) is 5.57. The topological polar surface area (TPSA) is 76.4 Å². The number of hydrogen-bond donors (Lipinski definition) is 2. The summed E-state index contributed by atoms with van der Waals surface area (Å²) in [7, 11) is 1.81. The van der Waals surface area contributed by atoms with E-state index in [1.807, 2.05) is 13.1 Å². The standard InChI is InChI=1S/C24H26FN3O3/c1-15-3-4-17(9-20(15)25)11-26-24(30)19-10-18(23-21(12-29)28(2)14-27-23)7-8-22(19)31-13-16-5-6-16/h3-4,7-10,14,16,29H,5-6,11-13H2,1-2H3,(H,26,30). The van der Waals surface area contributed by atoms with Crippen LogP contribution in [0.1, 0.15) is 40.0 Å². The van der Waals surface area contributed by atoms with E-state index in [4.69, 9.17) is 4.74 Å². The monoisotopic (exact) mass is 423 g/mol. The number of nitrogens with zero attached hydrogens (tertiary/aromatic N) is 2. The Morgan fingerprint density at radius 2 is 2.10 bits per heavy atom. The van der Waals surface area contributed by atoms with Crippen LogP contribution in [-0.4, -0.2) is 27.2 Å². The second-order valence-electron chi connectivity index (χ2n) is 8.04. The summed E-state index contributed by atoms with van der Waals surface area (Å²) in [6, 6.07) is 10.3. The molecule has 0 atom stereocenters. The molecular formula is C24H26FN3O3. The molecule has 0 bridgehead atoms. The molecule has 0 spiro atoms. The highest BCUT2D eigenvalue weighted by Gasteiger charge is 2.24. The Hall–Kier alpha value is -3.19. The summed E-state index contributed by atoms with van der Waals surface area (Å²) in [5, 5.41) is 12.5. The van der Waals surface area contributed by atoms with Gasteiger partial charge >= 0.3 is 0 Å². The number of hydrogen-bond acceptors (Lipinski definition) is 4. The predicted octanol–water partition coefficient (Wildman–Crippen LogP) is 3.75. The van der Waals surface area contributed by atoms with Gasteiger partial charge in [0.2, 0.25) is 0 Å². The first-order valence-electron chi connectivity index (χ1n) is 10.4. The minimum absolute atomic E-state index is 0.160. The molecule has 1 fully saturated rings. The third-order valence-corrected chi connectivity index (χ3v) is 5.57. The van der Waals surface area contributed by atoms with Crippen LogP contribution in [0.25, 0.3) is 11.3 Å². The normalized spacial score (nSPS) is 13.3. The van der Waals surface area contributed by atoms with Crippen molar-refractivity contribution in [3.8, 4) is 17.0 Å². The Kier molecular flexibility index (Phi) is 6.04. The third kappa shape index (κ3) is 4.77. The number of carbonyl (C=O) groups excluding carboxylic acids is 1. The molecule has 1 aliphatic rings. The maximum absolute atomic E-state index is 13.8. The molecule has 0 unspecified atom stereocenters. The van der Waals surface area contributed by atoms with Gasteiger partial charge in [0.25, 0.3) is 5.91 Å². The Bertz CT molecular complexity index is 1110. The number of aryl methyl sites for hydroxylation is 2. The van der Waals surface area contributed by atoms with Crippen LogP contribution in [0.4, 0.5) is 4.39 Å². The average Bonchev–Trinajstić information content (AvgIpc) is 3.53. The lowest BCUT2D eigenvalue weighted by molar-refractivity contribution is 0.0946. The summed E-state index contributed by atoms with van der Waals surface area (Å²) in [5.74, 6) is 0.441. The molecule has 1 heterocycles. The van der Waals surface area contributed by atoms with E-state index in [-0.39, 0.29) is 24.9 Å². The molecule has 3 aromatic rings. The number of carbonyl (C=O) groups is 1. The molecule has 2 aromatic carbocycles. The molecule has 162 valence electrons. The van der Waals surface area contributed by atoms with Crippen LogP contribution < -0.4 is 10.1 Å². The van der Waals surface area contributed by atoms with Gasteiger partial charge in [0.05, 0.1) is 36.5 Å². The molecule has 7 heteroatoms. The van der Waals surface area contributed by atoms with E-state index < -0.39 is 0 Å². The quantitative estimate of drug-likeness (QED) is 0.579. The van der Waals surface area contributed by atoms with Gasteiger partial charge in [-0.2, -0.15) is 0 Å². The largest absolute Gasteiger partial charge is 0.492 e. The van der Waals surface area contributed by atoms with Crippen molar-refractivity contribution < 1.29 is 19.0 Å². The van der Waals surface area contributed by atoms with E-state index in [0.29, 0.717) is 46.4 Å². The molecular weight excluding hydrogens is 397 g/mol. The van der Waals surface area contributed by atoms with Gasteiger partial charge in [-0.25, -0.2) is 9.37 Å². The summed E-state index contributed by atoms with van der Waals surface area (Å²) >= 11 is 0. The van der Waals surface area contributed by atoms with Crippen molar-refractivity contribution >= 4 is 5.91 Å². The molecule has 0 saturated heterocycles. The van der Waals surface area contributed by atoms with E-state index >= 15 is 0 Å². The zero-order chi connectivity index (χ0) is 22.0. The first kappa shape index (κ1) is 21.1. The van der Waals surface area contributed by atoms with Gasteiger partial charge in [-0.1, -0.05) is 12.1 Å². The van der Waals surface area contributed by atoms with Crippen LogP contribution in [-0.2, 0) is 20.2 Å². The molecule has 0 aliphatic heterocycles. The van der Waals surface area contributed by atoms with Crippen molar-refractivity contribution in [2.45, 2.75) is 32.9 Å². The highest BCUT2D eigenvalue weighted by Crippen LogP contribution is 2.32. The van der Waals surface area contributed by atoms with Crippen LogP contribution in [0.2, 0.25) is 0 Å². The fraction of sp³-hybridized carbons (Fsp3) is 0.333. The lowest BCUT2D eigenvalue weighted by atomic mass is 10.0. The molecule has 6 nitrogen and oxygen atoms in total. The number of aliphatic hydroxyl groups excluding tert-OH is 1. The SMILES string of the molecule is Cc1ccc(CNC(=O)c2cc(-c3ncn(C)c3CO)ccc2OCC2CC2)cc1F. The highest BCUT2D eigenvalue weighted by atomic mass is 19.1. The lowest BCUT2D eigenvalue weighted by Crippen LogP contribution is -2.24.